The molecule has 3 aromatic rings. The summed E-state index contributed by atoms with van der Waals surface area (Å²) in [5, 5.41) is 0.463. The second-order valence-electron chi connectivity index (χ2n) is 4.02. The van der Waals surface area contributed by atoms with Crippen molar-refractivity contribution in [1.82, 2.24) is 14.4 Å². The molecule has 0 saturated carbocycles. The van der Waals surface area contributed by atoms with Crippen molar-refractivity contribution in [2.75, 3.05) is 11.9 Å². The molecule has 1 aromatic carbocycles. The Balaban J connectivity index is 2.38. The van der Waals surface area contributed by atoms with Crippen molar-refractivity contribution in [1.29, 1.82) is 0 Å². The predicted molar refractivity (Wildman–Crippen MR) is 74.1 cm³/mol. The number of hydrogen-bond acceptors (Lipinski definition) is 3. The molecule has 0 aliphatic rings. The Kier molecular flexibility index (Phi) is 2.45. The molecule has 0 spiro atoms. The summed E-state index contributed by atoms with van der Waals surface area (Å²) in [7, 11) is 1.95. The molecule has 0 bridgehead atoms. The first-order chi connectivity index (χ1) is 8.70. The van der Waals surface area contributed by atoms with E-state index in [1.165, 1.54) is 0 Å². The maximum atomic E-state index is 6.11. The number of rotatable bonds is 2. The molecule has 90 valence electrons. The lowest BCUT2D eigenvalue weighted by atomic mass is 10.2. The van der Waals surface area contributed by atoms with Crippen molar-refractivity contribution < 1.29 is 0 Å². The first-order valence-electron chi connectivity index (χ1n) is 5.47. The molecule has 4 nitrogen and oxygen atoms in total. The molecule has 0 unspecified atom stereocenters. The standard InChI is InChI=1S/C13H11ClN4/c1-3-17(2)9-4-5-10-11(6-9)18-8-15-7-12(18)13(14)16-10/h3-8H,1H2,2H3. The van der Waals surface area contributed by atoms with E-state index in [2.05, 4.69) is 16.5 Å². The van der Waals surface area contributed by atoms with Crippen LogP contribution in [0.15, 0.2) is 43.5 Å². The summed E-state index contributed by atoms with van der Waals surface area (Å²) in [5.41, 5.74) is 3.66. The Morgan fingerprint density at radius 3 is 3.00 bits per heavy atom. The third-order valence-corrected chi connectivity index (χ3v) is 3.25. The zero-order valence-corrected chi connectivity index (χ0v) is 10.6. The van der Waals surface area contributed by atoms with E-state index in [9.17, 15) is 0 Å². The molecule has 3 rings (SSSR count). The minimum Gasteiger partial charge on any atom is -0.352 e. The minimum atomic E-state index is 0.463. The lowest BCUT2D eigenvalue weighted by molar-refractivity contribution is 1.17. The lowest BCUT2D eigenvalue weighted by Gasteiger charge is -2.14. The number of benzene rings is 1. The minimum absolute atomic E-state index is 0.463. The normalized spacial score (nSPS) is 11.0. The van der Waals surface area contributed by atoms with Gasteiger partial charge < -0.3 is 4.90 Å². The van der Waals surface area contributed by atoms with Crippen LogP contribution in [0.25, 0.3) is 16.6 Å². The summed E-state index contributed by atoms with van der Waals surface area (Å²) in [6.07, 6.45) is 5.21. The molecule has 0 amide bonds. The number of imidazole rings is 1. The predicted octanol–water partition coefficient (Wildman–Crippen LogP) is 3.12. The molecule has 5 heteroatoms. The summed E-state index contributed by atoms with van der Waals surface area (Å²) < 4.78 is 1.94. The van der Waals surface area contributed by atoms with Crippen molar-refractivity contribution in [3.63, 3.8) is 0 Å². The van der Waals surface area contributed by atoms with Crippen LogP contribution in [0, 0.1) is 0 Å². The highest BCUT2D eigenvalue weighted by molar-refractivity contribution is 6.33. The van der Waals surface area contributed by atoms with Gasteiger partial charge in [0.25, 0.3) is 0 Å². The van der Waals surface area contributed by atoms with Gasteiger partial charge in [-0.05, 0) is 24.4 Å². The van der Waals surface area contributed by atoms with Crippen LogP contribution >= 0.6 is 11.6 Å². The highest BCUT2D eigenvalue weighted by atomic mass is 35.5. The molecule has 2 heterocycles. The Hall–Kier alpha value is -2.07. The number of halogens is 1. The highest BCUT2D eigenvalue weighted by Crippen LogP contribution is 2.25. The monoisotopic (exact) mass is 258 g/mol. The summed E-state index contributed by atoms with van der Waals surface area (Å²) in [6.45, 7) is 3.75. The van der Waals surface area contributed by atoms with Crippen molar-refractivity contribution >= 4 is 33.8 Å². The van der Waals surface area contributed by atoms with E-state index in [0.717, 1.165) is 22.2 Å². The zero-order chi connectivity index (χ0) is 12.7. The number of fused-ring (bicyclic) bond motifs is 3. The van der Waals surface area contributed by atoms with Gasteiger partial charge in [0.1, 0.15) is 5.52 Å². The van der Waals surface area contributed by atoms with Crippen molar-refractivity contribution in [2.45, 2.75) is 0 Å². The molecule has 0 atom stereocenters. The fourth-order valence-electron chi connectivity index (χ4n) is 1.93. The molecule has 18 heavy (non-hydrogen) atoms. The molecule has 0 aliphatic heterocycles. The second kappa shape index (κ2) is 3.99. The third-order valence-electron chi connectivity index (χ3n) is 2.97. The van der Waals surface area contributed by atoms with Gasteiger partial charge in [0.05, 0.1) is 23.6 Å². The quantitative estimate of drug-likeness (QED) is 0.708. The summed E-state index contributed by atoms with van der Waals surface area (Å²) in [4.78, 5) is 10.4. The van der Waals surface area contributed by atoms with Crippen LogP contribution in [0.1, 0.15) is 0 Å². The van der Waals surface area contributed by atoms with Crippen LogP contribution in [0.4, 0.5) is 5.69 Å². The molecule has 0 fully saturated rings. The van der Waals surface area contributed by atoms with Gasteiger partial charge in [-0.2, -0.15) is 0 Å². The van der Waals surface area contributed by atoms with Gasteiger partial charge in [-0.15, -0.1) is 0 Å². The van der Waals surface area contributed by atoms with E-state index in [-0.39, 0.29) is 0 Å². The van der Waals surface area contributed by atoms with Crippen LogP contribution in [0.2, 0.25) is 5.15 Å². The van der Waals surface area contributed by atoms with Gasteiger partial charge in [-0.25, -0.2) is 9.97 Å². The van der Waals surface area contributed by atoms with E-state index >= 15 is 0 Å². The molecule has 0 N–H and O–H groups in total. The Morgan fingerprint density at radius 1 is 1.39 bits per heavy atom. The van der Waals surface area contributed by atoms with E-state index in [1.54, 1.807) is 18.7 Å². The second-order valence-corrected chi connectivity index (χ2v) is 4.38. The van der Waals surface area contributed by atoms with Gasteiger partial charge in [-0.3, -0.25) is 4.40 Å². The molecule has 0 radical (unpaired) electrons. The third kappa shape index (κ3) is 1.54. The van der Waals surface area contributed by atoms with E-state index in [0.29, 0.717) is 5.15 Å². The van der Waals surface area contributed by atoms with Crippen molar-refractivity contribution in [3.8, 4) is 0 Å². The largest absolute Gasteiger partial charge is 0.352 e. The summed E-state index contributed by atoms with van der Waals surface area (Å²) in [6, 6.07) is 5.96. The van der Waals surface area contributed by atoms with Gasteiger partial charge in [0.2, 0.25) is 0 Å². The number of hydrogen-bond donors (Lipinski definition) is 0. The summed E-state index contributed by atoms with van der Waals surface area (Å²) in [5.74, 6) is 0. The average molecular weight is 259 g/mol. The van der Waals surface area contributed by atoms with Crippen LogP contribution in [0.5, 0.6) is 0 Å². The Bertz CT molecular complexity index is 747. The smallest absolute Gasteiger partial charge is 0.155 e. The zero-order valence-electron chi connectivity index (χ0n) is 9.84. The van der Waals surface area contributed by atoms with Crippen molar-refractivity contribution in [2.24, 2.45) is 0 Å². The topological polar surface area (TPSA) is 33.4 Å². The van der Waals surface area contributed by atoms with E-state index in [1.807, 2.05) is 34.5 Å². The highest BCUT2D eigenvalue weighted by Gasteiger charge is 2.08. The SMILES string of the molecule is C=CN(C)c1ccc2nc(Cl)c3cncn3c2c1. The number of aromatic nitrogens is 3. The van der Waals surface area contributed by atoms with Crippen LogP contribution in [0.3, 0.4) is 0 Å². The first kappa shape index (κ1) is 11.0. The Morgan fingerprint density at radius 2 is 2.22 bits per heavy atom. The summed E-state index contributed by atoms with van der Waals surface area (Å²) >= 11 is 6.11. The van der Waals surface area contributed by atoms with Crippen LogP contribution < -0.4 is 4.90 Å². The number of nitrogens with zero attached hydrogens (tertiary/aromatic N) is 4. The lowest BCUT2D eigenvalue weighted by Crippen LogP contribution is -2.07. The fraction of sp³-hybridized carbons (Fsp3) is 0.0769. The maximum Gasteiger partial charge on any atom is 0.155 e. The average Bonchev–Trinajstić information content (AvgIpc) is 2.88. The maximum absolute atomic E-state index is 6.11. The van der Waals surface area contributed by atoms with E-state index in [4.69, 9.17) is 11.6 Å². The molecule has 2 aromatic heterocycles. The van der Waals surface area contributed by atoms with Crippen molar-refractivity contribution in [3.05, 3.63) is 48.7 Å². The van der Waals surface area contributed by atoms with Gasteiger partial charge in [0, 0.05) is 12.7 Å². The number of anilines is 1. The van der Waals surface area contributed by atoms with E-state index < -0.39 is 0 Å². The van der Waals surface area contributed by atoms with Crippen LogP contribution in [-0.4, -0.2) is 21.4 Å². The first-order valence-corrected chi connectivity index (χ1v) is 5.85. The van der Waals surface area contributed by atoms with Gasteiger partial charge >= 0.3 is 0 Å². The van der Waals surface area contributed by atoms with Gasteiger partial charge in [-0.1, -0.05) is 18.2 Å². The fourth-order valence-corrected chi connectivity index (χ4v) is 2.16. The van der Waals surface area contributed by atoms with Gasteiger partial charge in [0.15, 0.2) is 5.15 Å². The van der Waals surface area contributed by atoms with Crippen LogP contribution in [-0.2, 0) is 0 Å². The Labute approximate surface area is 109 Å². The molecular formula is C13H11ClN4. The molecule has 0 saturated heterocycles. The molecular weight excluding hydrogens is 248 g/mol. The molecule has 0 aliphatic carbocycles.